The number of hydrogen-bond donors (Lipinski definition) is 2. The topological polar surface area (TPSA) is 26.3 Å². The number of ether oxygens (including phenoxy) is 1. The molecule has 0 aliphatic heterocycles. The van der Waals surface area contributed by atoms with Crippen molar-refractivity contribution in [3.63, 3.8) is 0 Å². The molecule has 0 bridgehead atoms. The molecule has 2 nitrogen and oxygen atoms in total. The third-order valence-corrected chi connectivity index (χ3v) is 2.20. The summed E-state index contributed by atoms with van der Waals surface area (Å²) < 4.78 is 5.37. The van der Waals surface area contributed by atoms with Crippen molar-refractivity contribution in [2.45, 2.75) is 19.8 Å². The SMILES string of the molecule is CCOC(=O)C(=C(S)S)C1CC1. The summed E-state index contributed by atoms with van der Waals surface area (Å²) in [6, 6.07) is 0. The van der Waals surface area contributed by atoms with E-state index in [-0.39, 0.29) is 5.97 Å². The van der Waals surface area contributed by atoms with Crippen LogP contribution in [0.2, 0.25) is 0 Å². The lowest BCUT2D eigenvalue weighted by atomic mass is 10.2. The smallest absolute Gasteiger partial charge is 0.335 e. The molecule has 68 valence electrons. The van der Waals surface area contributed by atoms with Gasteiger partial charge in [0.15, 0.2) is 0 Å². The molecule has 1 saturated carbocycles. The van der Waals surface area contributed by atoms with Crippen LogP contribution in [0.1, 0.15) is 19.8 Å². The van der Waals surface area contributed by atoms with E-state index in [0.717, 1.165) is 12.8 Å². The van der Waals surface area contributed by atoms with Crippen molar-refractivity contribution in [3.8, 4) is 0 Å². The first-order chi connectivity index (χ1) is 5.66. The van der Waals surface area contributed by atoms with E-state index < -0.39 is 0 Å². The van der Waals surface area contributed by atoms with E-state index in [4.69, 9.17) is 4.74 Å². The molecule has 4 heteroatoms. The molecular formula is C8H12O2S2. The molecule has 12 heavy (non-hydrogen) atoms. The van der Waals surface area contributed by atoms with Gasteiger partial charge in [-0.1, -0.05) is 0 Å². The van der Waals surface area contributed by atoms with Crippen LogP contribution in [0, 0.1) is 5.92 Å². The molecule has 1 fully saturated rings. The predicted octanol–water partition coefficient (Wildman–Crippen LogP) is 2.03. The normalized spacial score (nSPS) is 15.6. The van der Waals surface area contributed by atoms with Crippen molar-refractivity contribution < 1.29 is 9.53 Å². The Morgan fingerprint density at radius 2 is 2.08 bits per heavy atom. The fourth-order valence-corrected chi connectivity index (χ4v) is 1.57. The zero-order chi connectivity index (χ0) is 9.14. The highest BCUT2D eigenvalue weighted by Crippen LogP contribution is 2.40. The maximum atomic E-state index is 11.3. The van der Waals surface area contributed by atoms with Crippen LogP contribution in [0.15, 0.2) is 9.81 Å². The Labute approximate surface area is 83.2 Å². The Hall–Kier alpha value is -0.0900. The summed E-state index contributed by atoms with van der Waals surface area (Å²) in [5, 5.41) is 0. The van der Waals surface area contributed by atoms with Crippen molar-refractivity contribution in [2.24, 2.45) is 5.92 Å². The Balaban J connectivity index is 2.66. The monoisotopic (exact) mass is 204 g/mol. The highest BCUT2D eigenvalue weighted by Gasteiger charge is 2.32. The Morgan fingerprint density at radius 3 is 2.42 bits per heavy atom. The molecule has 0 aromatic rings. The van der Waals surface area contributed by atoms with E-state index in [0.29, 0.717) is 22.3 Å². The average molecular weight is 204 g/mol. The maximum absolute atomic E-state index is 11.3. The van der Waals surface area contributed by atoms with Gasteiger partial charge in [0.1, 0.15) is 0 Å². The van der Waals surface area contributed by atoms with Crippen LogP contribution >= 0.6 is 25.3 Å². The van der Waals surface area contributed by atoms with Crippen LogP contribution in [-0.4, -0.2) is 12.6 Å². The molecule has 1 rings (SSSR count). The minimum atomic E-state index is -0.264. The minimum absolute atomic E-state index is 0.264. The van der Waals surface area contributed by atoms with Gasteiger partial charge in [-0.15, -0.1) is 25.3 Å². The second kappa shape index (κ2) is 4.23. The highest BCUT2D eigenvalue weighted by molar-refractivity contribution is 8.05. The predicted molar refractivity (Wildman–Crippen MR) is 54.4 cm³/mol. The van der Waals surface area contributed by atoms with Crippen molar-refractivity contribution in [3.05, 3.63) is 9.81 Å². The van der Waals surface area contributed by atoms with Crippen LogP contribution in [0.3, 0.4) is 0 Å². The molecule has 0 heterocycles. The summed E-state index contributed by atoms with van der Waals surface area (Å²) in [7, 11) is 0. The van der Waals surface area contributed by atoms with Crippen LogP contribution in [0.25, 0.3) is 0 Å². The fraction of sp³-hybridized carbons (Fsp3) is 0.625. The van der Waals surface area contributed by atoms with Gasteiger partial charge in [0.05, 0.1) is 12.2 Å². The quantitative estimate of drug-likeness (QED) is 0.418. The number of hydrogen-bond acceptors (Lipinski definition) is 4. The van der Waals surface area contributed by atoms with Crippen molar-refractivity contribution >= 4 is 31.2 Å². The first kappa shape index (κ1) is 9.99. The third kappa shape index (κ3) is 2.45. The summed E-state index contributed by atoms with van der Waals surface area (Å²) >= 11 is 8.10. The lowest BCUT2D eigenvalue weighted by molar-refractivity contribution is -0.138. The number of esters is 1. The largest absolute Gasteiger partial charge is 0.463 e. The molecule has 0 N–H and O–H groups in total. The summed E-state index contributed by atoms with van der Waals surface area (Å²) in [5.74, 6) is 0.0778. The summed E-state index contributed by atoms with van der Waals surface area (Å²) in [6.45, 7) is 2.20. The van der Waals surface area contributed by atoms with E-state index in [9.17, 15) is 4.79 Å². The first-order valence-electron chi connectivity index (χ1n) is 3.96. The number of carbonyl (C=O) groups is 1. The van der Waals surface area contributed by atoms with Gasteiger partial charge in [-0.2, -0.15) is 0 Å². The molecule has 0 spiro atoms. The number of rotatable bonds is 3. The molecule has 0 amide bonds. The zero-order valence-electron chi connectivity index (χ0n) is 6.91. The van der Waals surface area contributed by atoms with Gasteiger partial charge in [0.2, 0.25) is 0 Å². The summed E-state index contributed by atoms with van der Waals surface area (Å²) in [6.07, 6.45) is 2.11. The number of thiol groups is 2. The summed E-state index contributed by atoms with van der Waals surface area (Å²) in [5.41, 5.74) is 0.642. The zero-order valence-corrected chi connectivity index (χ0v) is 8.70. The second-order valence-corrected chi connectivity index (χ2v) is 3.98. The average Bonchev–Trinajstić information content (AvgIpc) is 2.71. The minimum Gasteiger partial charge on any atom is -0.463 e. The van der Waals surface area contributed by atoms with Gasteiger partial charge < -0.3 is 4.74 Å². The van der Waals surface area contributed by atoms with Gasteiger partial charge in [0, 0.05) is 4.24 Å². The summed E-state index contributed by atoms with van der Waals surface area (Å²) in [4.78, 5) is 11.3. The lowest BCUT2D eigenvalue weighted by Gasteiger charge is -2.05. The van der Waals surface area contributed by atoms with Gasteiger partial charge >= 0.3 is 5.97 Å². The molecule has 0 radical (unpaired) electrons. The first-order valence-corrected chi connectivity index (χ1v) is 4.85. The van der Waals surface area contributed by atoms with Crippen LogP contribution in [-0.2, 0) is 9.53 Å². The molecular weight excluding hydrogens is 192 g/mol. The molecule has 0 aromatic carbocycles. The van der Waals surface area contributed by atoms with E-state index >= 15 is 0 Å². The van der Waals surface area contributed by atoms with Gasteiger partial charge in [-0.05, 0) is 25.7 Å². The van der Waals surface area contributed by atoms with Crippen molar-refractivity contribution in [1.82, 2.24) is 0 Å². The molecule has 0 unspecified atom stereocenters. The van der Waals surface area contributed by atoms with E-state index in [1.807, 2.05) is 0 Å². The Kier molecular flexibility index (Phi) is 3.53. The van der Waals surface area contributed by atoms with E-state index in [2.05, 4.69) is 25.3 Å². The highest BCUT2D eigenvalue weighted by atomic mass is 32.2. The third-order valence-electron chi connectivity index (χ3n) is 1.72. The fourth-order valence-electron chi connectivity index (χ4n) is 1.02. The number of carbonyl (C=O) groups excluding carboxylic acids is 1. The Morgan fingerprint density at radius 1 is 1.50 bits per heavy atom. The van der Waals surface area contributed by atoms with Crippen LogP contribution in [0.5, 0.6) is 0 Å². The standard InChI is InChI=1S/C8H12O2S2/c1-2-10-7(9)6(8(11)12)5-3-4-5/h5,11-12H,2-4H2,1H3. The van der Waals surface area contributed by atoms with Crippen LogP contribution in [0.4, 0.5) is 0 Å². The molecule has 0 saturated heterocycles. The van der Waals surface area contributed by atoms with E-state index in [1.165, 1.54) is 0 Å². The maximum Gasteiger partial charge on any atom is 0.335 e. The molecule has 1 aliphatic carbocycles. The Bertz CT molecular complexity index is 215. The van der Waals surface area contributed by atoms with Gasteiger partial charge in [-0.25, -0.2) is 4.79 Å². The second-order valence-electron chi connectivity index (χ2n) is 2.73. The molecule has 0 aromatic heterocycles. The lowest BCUT2D eigenvalue weighted by Crippen LogP contribution is -2.09. The van der Waals surface area contributed by atoms with Crippen molar-refractivity contribution in [2.75, 3.05) is 6.61 Å². The van der Waals surface area contributed by atoms with Gasteiger partial charge in [-0.3, -0.25) is 0 Å². The van der Waals surface area contributed by atoms with E-state index in [1.54, 1.807) is 6.92 Å². The molecule has 1 aliphatic rings. The van der Waals surface area contributed by atoms with Crippen LogP contribution < -0.4 is 0 Å². The van der Waals surface area contributed by atoms with Crippen molar-refractivity contribution in [1.29, 1.82) is 0 Å². The van der Waals surface area contributed by atoms with Gasteiger partial charge in [0.25, 0.3) is 0 Å². The molecule has 0 atom stereocenters.